The molecule has 1 aliphatic rings. The molecule has 1 N–H and O–H groups in total. The number of aromatic nitrogens is 2. The molecule has 0 bridgehead atoms. The second kappa shape index (κ2) is 7.91. The van der Waals surface area contributed by atoms with Crippen molar-refractivity contribution in [1.29, 1.82) is 0 Å². The number of amides is 1. The summed E-state index contributed by atoms with van der Waals surface area (Å²) in [6, 6.07) is 0. The number of nitrogens with zero attached hydrogens (tertiary/aromatic N) is 4. The van der Waals surface area contributed by atoms with Gasteiger partial charge in [0.2, 0.25) is 0 Å². The van der Waals surface area contributed by atoms with Crippen molar-refractivity contribution in [2.45, 2.75) is 13.3 Å². The van der Waals surface area contributed by atoms with Crippen LogP contribution >= 0.6 is 0 Å². The number of carbonyl (C=O) groups excluding carboxylic acids is 1. The number of piperazine rings is 1. The van der Waals surface area contributed by atoms with Gasteiger partial charge in [-0.3, -0.25) is 9.78 Å². The molecule has 6 heteroatoms. The molecule has 1 fully saturated rings. The van der Waals surface area contributed by atoms with Crippen LogP contribution in [-0.4, -0.2) is 71.5 Å². The average Bonchev–Trinajstić information content (AvgIpc) is 2.53. The number of likely N-dealkylation sites (N-methyl/N-ethyl adjacent to an activating group) is 1. The highest BCUT2D eigenvalue weighted by Gasteiger charge is 2.14. The lowest BCUT2D eigenvalue weighted by Crippen LogP contribution is -2.46. The Hall–Kier alpha value is -1.53. The zero-order valence-electron chi connectivity index (χ0n) is 12.1. The third kappa shape index (κ3) is 4.54. The highest BCUT2D eigenvalue weighted by molar-refractivity contribution is 5.91. The molecule has 0 saturated carbocycles. The minimum atomic E-state index is -0.145. The van der Waals surface area contributed by atoms with Crippen LogP contribution in [0.1, 0.15) is 23.8 Å². The molecule has 1 aromatic heterocycles. The van der Waals surface area contributed by atoms with Crippen molar-refractivity contribution >= 4 is 5.91 Å². The van der Waals surface area contributed by atoms with Gasteiger partial charge in [-0.25, -0.2) is 4.98 Å². The Morgan fingerprint density at radius 2 is 2.00 bits per heavy atom. The van der Waals surface area contributed by atoms with E-state index in [1.54, 1.807) is 6.20 Å². The van der Waals surface area contributed by atoms with Crippen LogP contribution in [0.2, 0.25) is 0 Å². The predicted octanol–water partition coefficient (Wildman–Crippen LogP) is 0.234. The largest absolute Gasteiger partial charge is 0.351 e. The molecule has 2 rings (SSSR count). The molecule has 6 nitrogen and oxygen atoms in total. The summed E-state index contributed by atoms with van der Waals surface area (Å²) in [5.74, 6) is -0.145. The van der Waals surface area contributed by atoms with Crippen LogP contribution in [0.4, 0.5) is 0 Å². The van der Waals surface area contributed by atoms with E-state index in [9.17, 15) is 4.79 Å². The van der Waals surface area contributed by atoms with Gasteiger partial charge in [0.05, 0.1) is 6.20 Å². The topological polar surface area (TPSA) is 61.4 Å². The minimum absolute atomic E-state index is 0.145. The van der Waals surface area contributed by atoms with E-state index in [2.05, 4.69) is 32.0 Å². The maximum absolute atomic E-state index is 11.7. The Morgan fingerprint density at radius 3 is 2.65 bits per heavy atom. The van der Waals surface area contributed by atoms with Crippen molar-refractivity contribution in [3.8, 4) is 0 Å². The average molecular weight is 277 g/mol. The number of nitrogens with one attached hydrogen (secondary N) is 1. The van der Waals surface area contributed by atoms with Gasteiger partial charge in [0, 0.05) is 45.1 Å². The molecule has 2 heterocycles. The first kappa shape index (κ1) is 14.9. The molecule has 1 amide bonds. The summed E-state index contributed by atoms with van der Waals surface area (Å²) in [6.45, 7) is 9.64. The van der Waals surface area contributed by atoms with E-state index < -0.39 is 0 Å². The van der Waals surface area contributed by atoms with Gasteiger partial charge < -0.3 is 15.1 Å². The van der Waals surface area contributed by atoms with Crippen LogP contribution in [0, 0.1) is 0 Å². The van der Waals surface area contributed by atoms with Gasteiger partial charge in [-0.1, -0.05) is 6.92 Å². The van der Waals surface area contributed by atoms with Crippen molar-refractivity contribution in [3.63, 3.8) is 0 Å². The van der Waals surface area contributed by atoms with E-state index in [0.29, 0.717) is 12.2 Å². The molecule has 1 saturated heterocycles. The fourth-order valence-corrected chi connectivity index (χ4v) is 2.34. The van der Waals surface area contributed by atoms with Crippen LogP contribution in [-0.2, 0) is 0 Å². The predicted molar refractivity (Wildman–Crippen MR) is 77.5 cm³/mol. The Kier molecular flexibility index (Phi) is 5.88. The third-order valence-electron chi connectivity index (χ3n) is 3.64. The van der Waals surface area contributed by atoms with E-state index >= 15 is 0 Å². The minimum Gasteiger partial charge on any atom is -0.351 e. The van der Waals surface area contributed by atoms with Gasteiger partial charge in [0.25, 0.3) is 5.91 Å². The van der Waals surface area contributed by atoms with E-state index in [0.717, 1.165) is 45.7 Å². The van der Waals surface area contributed by atoms with Crippen molar-refractivity contribution in [2.75, 3.05) is 45.8 Å². The first-order chi connectivity index (χ1) is 9.79. The lowest BCUT2D eigenvalue weighted by Gasteiger charge is -2.33. The molecule has 1 aliphatic heterocycles. The molecule has 1 aromatic rings. The summed E-state index contributed by atoms with van der Waals surface area (Å²) < 4.78 is 0. The first-order valence-electron chi connectivity index (χ1n) is 7.28. The summed E-state index contributed by atoms with van der Waals surface area (Å²) in [5.41, 5.74) is 0.379. The van der Waals surface area contributed by atoms with Crippen LogP contribution in [0.3, 0.4) is 0 Å². The monoisotopic (exact) mass is 277 g/mol. The maximum Gasteiger partial charge on any atom is 0.271 e. The van der Waals surface area contributed by atoms with Gasteiger partial charge in [-0.2, -0.15) is 0 Å². The Labute approximate surface area is 120 Å². The second-order valence-corrected chi connectivity index (χ2v) is 4.98. The molecule has 0 aliphatic carbocycles. The highest BCUT2D eigenvalue weighted by atomic mass is 16.1. The first-order valence-corrected chi connectivity index (χ1v) is 7.28. The molecular formula is C14H23N5O. The van der Waals surface area contributed by atoms with Crippen LogP contribution in [0.15, 0.2) is 18.6 Å². The summed E-state index contributed by atoms with van der Waals surface area (Å²) in [5, 5.41) is 2.88. The molecule has 20 heavy (non-hydrogen) atoms. The standard InChI is InChI=1S/C14H23N5O/c1-2-18-8-10-19(11-9-18)7-3-4-17-14(20)13-12-15-5-6-16-13/h5-6,12H,2-4,7-11H2,1H3,(H,17,20). The lowest BCUT2D eigenvalue weighted by molar-refractivity contribution is 0.0943. The SMILES string of the molecule is CCN1CCN(CCCNC(=O)c2cnccn2)CC1. The van der Waals surface area contributed by atoms with Crippen LogP contribution in [0.5, 0.6) is 0 Å². The molecule has 0 spiro atoms. The van der Waals surface area contributed by atoms with Gasteiger partial charge in [-0.15, -0.1) is 0 Å². The van der Waals surface area contributed by atoms with Crippen molar-refractivity contribution in [3.05, 3.63) is 24.3 Å². The fourth-order valence-electron chi connectivity index (χ4n) is 2.34. The van der Waals surface area contributed by atoms with Gasteiger partial charge in [-0.05, 0) is 19.5 Å². The van der Waals surface area contributed by atoms with Crippen molar-refractivity contribution in [2.24, 2.45) is 0 Å². The summed E-state index contributed by atoms with van der Waals surface area (Å²) in [7, 11) is 0. The van der Waals surface area contributed by atoms with Crippen molar-refractivity contribution < 1.29 is 4.79 Å². The zero-order valence-corrected chi connectivity index (χ0v) is 12.1. The van der Waals surface area contributed by atoms with Gasteiger partial charge >= 0.3 is 0 Å². The van der Waals surface area contributed by atoms with Gasteiger partial charge in [0.1, 0.15) is 5.69 Å². The summed E-state index contributed by atoms with van der Waals surface area (Å²) >= 11 is 0. The van der Waals surface area contributed by atoms with Gasteiger partial charge in [0.15, 0.2) is 0 Å². The Balaban J connectivity index is 1.59. The second-order valence-electron chi connectivity index (χ2n) is 4.98. The number of carbonyl (C=O) groups is 1. The van der Waals surface area contributed by atoms with E-state index in [-0.39, 0.29) is 5.91 Å². The van der Waals surface area contributed by atoms with E-state index in [1.165, 1.54) is 12.4 Å². The Morgan fingerprint density at radius 1 is 1.25 bits per heavy atom. The number of hydrogen-bond donors (Lipinski definition) is 1. The fraction of sp³-hybridized carbons (Fsp3) is 0.643. The molecule has 0 aromatic carbocycles. The van der Waals surface area contributed by atoms with E-state index in [4.69, 9.17) is 0 Å². The summed E-state index contributed by atoms with van der Waals surface area (Å²) in [4.78, 5) is 24.5. The number of rotatable bonds is 6. The van der Waals surface area contributed by atoms with Crippen molar-refractivity contribution in [1.82, 2.24) is 25.1 Å². The Bertz CT molecular complexity index is 403. The van der Waals surface area contributed by atoms with Crippen LogP contribution in [0.25, 0.3) is 0 Å². The quantitative estimate of drug-likeness (QED) is 0.755. The lowest BCUT2D eigenvalue weighted by atomic mass is 10.3. The summed E-state index contributed by atoms with van der Waals surface area (Å²) in [6.07, 6.45) is 5.55. The smallest absolute Gasteiger partial charge is 0.271 e. The maximum atomic E-state index is 11.7. The normalized spacial score (nSPS) is 17.1. The molecule has 110 valence electrons. The van der Waals surface area contributed by atoms with Crippen LogP contribution < -0.4 is 5.32 Å². The zero-order chi connectivity index (χ0) is 14.2. The molecule has 0 radical (unpaired) electrons. The number of hydrogen-bond acceptors (Lipinski definition) is 5. The molecule has 0 atom stereocenters. The highest BCUT2D eigenvalue weighted by Crippen LogP contribution is 2.01. The third-order valence-corrected chi connectivity index (χ3v) is 3.64. The molecular weight excluding hydrogens is 254 g/mol. The van der Waals surface area contributed by atoms with E-state index in [1.807, 2.05) is 0 Å². The molecule has 0 unspecified atom stereocenters.